The van der Waals surface area contributed by atoms with E-state index >= 15 is 0 Å². The molecule has 4 unspecified atom stereocenters. The van der Waals surface area contributed by atoms with Gasteiger partial charge in [-0.3, -0.25) is 0 Å². The van der Waals surface area contributed by atoms with Crippen LogP contribution >= 0.6 is 0 Å². The molecule has 0 amide bonds. The van der Waals surface area contributed by atoms with Crippen molar-refractivity contribution < 1.29 is 16.0 Å². The Labute approximate surface area is 102 Å². The van der Waals surface area contributed by atoms with Crippen LogP contribution in [0.2, 0.25) is 47.7 Å². The number of rotatable bonds is 4. The van der Waals surface area contributed by atoms with Gasteiger partial charge < -0.3 is 0 Å². The molecule has 0 radical (unpaired) electrons. The monoisotopic (exact) mass is 301 g/mol. The molecule has 10 rings (SSSR count). The second-order valence-corrected chi connectivity index (χ2v) is 35.2. The topological polar surface area (TPSA) is 29.5 Å². The molecule has 10 aliphatic rings. The van der Waals surface area contributed by atoms with Gasteiger partial charge in [0.1, 0.15) is 0 Å². The van der Waals surface area contributed by atoms with E-state index in [9.17, 15) is 4.79 Å². The summed E-state index contributed by atoms with van der Waals surface area (Å²) in [5, 5.41) is 0. The molecule has 1 spiro atoms. The molecule has 0 aromatic carbocycles. The van der Waals surface area contributed by atoms with Crippen molar-refractivity contribution in [2.45, 2.75) is 47.7 Å². The molecule has 4 heteroatoms. The molecule has 19 heavy (non-hydrogen) atoms. The number of esters is 1. The molecule has 10 heterocycles. The maximum atomic E-state index is 13.0. The van der Waals surface area contributed by atoms with Crippen LogP contribution in [-0.4, -0.2) is 38.1 Å². The Morgan fingerprint density at radius 2 is 1.58 bits per heavy atom. The summed E-state index contributed by atoms with van der Waals surface area (Å²) in [4.78, 5) is 25.8. The van der Waals surface area contributed by atoms with Crippen molar-refractivity contribution in [2.24, 2.45) is 0 Å². The fourth-order valence-electron chi connectivity index (χ4n) is 17.2. The van der Waals surface area contributed by atoms with E-state index in [1.54, 1.807) is 0 Å². The van der Waals surface area contributed by atoms with Gasteiger partial charge in [0.15, 0.2) is 0 Å². The van der Waals surface area contributed by atoms with Gasteiger partial charge in [0, 0.05) is 0 Å². The van der Waals surface area contributed by atoms with E-state index in [-0.39, 0.29) is 0 Å². The zero-order valence-electron chi connectivity index (χ0n) is 11.2. The van der Waals surface area contributed by atoms with Crippen molar-refractivity contribution in [3.63, 3.8) is 0 Å². The van der Waals surface area contributed by atoms with Crippen molar-refractivity contribution in [1.82, 2.24) is 4.90 Å². The Balaban J connectivity index is 1.25. The van der Waals surface area contributed by atoms with Crippen LogP contribution in [0, 0.1) is 0 Å². The van der Waals surface area contributed by atoms with E-state index in [0.29, 0.717) is 16.9 Å². The number of ether oxygens (including phenoxy) is 1. The molecular formula is C15H19FeNO2. The summed E-state index contributed by atoms with van der Waals surface area (Å²) in [6.07, 6.45) is 0. The van der Waals surface area contributed by atoms with E-state index in [4.69, 9.17) is 4.74 Å². The van der Waals surface area contributed by atoms with Gasteiger partial charge >= 0.3 is 102 Å². The predicted molar refractivity (Wildman–Crippen MR) is 66.0 cm³/mol. The summed E-state index contributed by atoms with van der Waals surface area (Å²) in [7, 11) is 4.11. The second-order valence-electron chi connectivity index (χ2n) is 11.6. The van der Waals surface area contributed by atoms with Crippen LogP contribution in [-0.2, 0) is 16.0 Å². The Kier molecular flexibility index (Phi) is 0.281. The Morgan fingerprint density at radius 1 is 1.05 bits per heavy atom. The van der Waals surface area contributed by atoms with Crippen LogP contribution in [0.15, 0.2) is 0 Å². The zero-order chi connectivity index (χ0) is 12.3. The van der Waals surface area contributed by atoms with Gasteiger partial charge in [-0.2, -0.15) is 0 Å². The predicted octanol–water partition coefficient (Wildman–Crippen LogP) is 2.85. The average Bonchev–Trinajstić information content (AvgIpc) is 3.31. The first kappa shape index (κ1) is 7.82. The van der Waals surface area contributed by atoms with E-state index < -0.39 is 6.51 Å². The van der Waals surface area contributed by atoms with Crippen LogP contribution in [0.4, 0.5) is 0 Å². The average molecular weight is 301 g/mol. The first-order valence-corrected chi connectivity index (χ1v) is 14.2. The third-order valence-corrected chi connectivity index (χ3v) is 58.0. The minimum atomic E-state index is -3.20. The fourth-order valence-corrected chi connectivity index (χ4v) is 90.7. The van der Waals surface area contributed by atoms with Crippen LogP contribution < -0.4 is 0 Å². The van der Waals surface area contributed by atoms with Crippen molar-refractivity contribution in [2.75, 3.05) is 27.2 Å². The molecule has 0 aromatic heterocycles. The summed E-state index contributed by atoms with van der Waals surface area (Å²) in [5.41, 5.74) is 0. The van der Waals surface area contributed by atoms with Crippen LogP contribution in [0.5, 0.6) is 0 Å². The van der Waals surface area contributed by atoms with Crippen molar-refractivity contribution in [3.8, 4) is 0 Å². The summed E-state index contributed by atoms with van der Waals surface area (Å²) in [6, 6.07) is 0. The Hall–Kier alpha value is -0.0505. The second kappa shape index (κ2) is 0.682. The number of fused-ring (bicyclic) bond motifs is 10. The third-order valence-electron chi connectivity index (χ3n) is 15.8. The molecule has 104 valence electrons. The number of hydrogen-bond donors (Lipinski definition) is 0. The quantitative estimate of drug-likeness (QED) is 0.591. The minimum absolute atomic E-state index is 0.311. The molecular weight excluding hydrogens is 282 g/mol. The van der Waals surface area contributed by atoms with Crippen molar-refractivity contribution >= 4 is 5.97 Å². The first-order chi connectivity index (χ1) is 8.88. The molecule has 0 N–H and O–H groups in total. The summed E-state index contributed by atoms with van der Waals surface area (Å²) < 4.78 is 6.14. The summed E-state index contributed by atoms with van der Waals surface area (Å²) in [6.45, 7) is -1.69. The van der Waals surface area contributed by atoms with E-state index in [1.807, 2.05) is 0 Å². The standard InChI is InChI=1S/C10H14NO2.C5H5.Fe/c1-11(2)7-8-13-10(12)9-5-3-4-6-9;1-2-4-5-3-1;/h3-6H,7-8H2,1-2H3;1-5H;. The summed E-state index contributed by atoms with van der Waals surface area (Å²) in [5.74, 6) is 0.348. The van der Waals surface area contributed by atoms with Gasteiger partial charge in [0.25, 0.3) is 0 Å². The van der Waals surface area contributed by atoms with Gasteiger partial charge in [0.05, 0.1) is 0 Å². The van der Waals surface area contributed by atoms with Gasteiger partial charge in [-0.15, -0.1) is 0 Å². The van der Waals surface area contributed by atoms with E-state index in [1.165, 1.54) is 33.7 Å². The maximum absolute atomic E-state index is 13.0. The number of hydrogen-bond acceptors (Lipinski definition) is 3. The third kappa shape index (κ3) is 0.0902. The van der Waals surface area contributed by atoms with Crippen LogP contribution in [0.25, 0.3) is 0 Å². The fraction of sp³-hybridized carbons (Fsp3) is 0.933. The van der Waals surface area contributed by atoms with Gasteiger partial charge in [-0.1, -0.05) is 0 Å². The molecule has 0 aliphatic carbocycles. The molecule has 0 bridgehead atoms. The molecule has 10 aliphatic heterocycles. The van der Waals surface area contributed by atoms with Crippen molar-refractivity contribution in [1.29, 1.82) is 0 Å². The van der Waals surface area contributed by atoms with Gasteiger partial charge in [-0.25, -0.2) is 0 Å². The number of carbonyl (C=O) groups is 1. The number of likely N-dealkylation sites (N-methyl/N-ethyl adjacent to an activating group) is 1. The molecule has 10 saturated heterocycles. The Morgan fingerprint density at radius 3 is 1.89 bits per heavy atom. The van der Waals surface area contributed by atoms with Crippen molar-refractivity contribution in [3.05, 3.63) is 0 Å². The number of nitrogens with zero attached hydrogens (tertiary/aromatic N) is 1. The molecule has 0 aromatic rings. The number of carbonyl (C=O) groups excluding carboxylic acids is 1. The van der Waals surface area contributed by atoms with Crippen LogP contribution in [0.3, 0.4) is 0 Å². The van der Waals surface area contributed by atoms with E-state index in [0.717, 1.165) is 16.2 Å². The molecule has 10 fully saturated rings. The Bertz CT molecular complexity index is 947. The van der Waals surface area contributed by atoms with Gasteiger partial charge in [-0.05, 0) is 0 Å². The van der Waals surface area contributed by atoms with Gasteiger partial charge in [0.2, 0.25) is 0 Å². The summed E-state index contributed by atoms with van der Waals surface area (Å²) >= 11 is 0. The van der Waals surface area contributed by atoms with E-state index in [2.05, 4.69) is 19.0 Å². The molecule has 0 saturated carbocycles. The SMILES string of the molecule is CN(C)CCOC(=O)[C]12[CH]3[CH]4[CH]5[CH]1[Fe]45321678[CH]2[CH]1[CH]6[CH]7[CH]28. The molecule has 3 nitrogen and oxygen atoms in total. The zero-order valence-corrected chi connectivity index (χ0v) is 12.3. The first-order valence-electron chi connectivity index (χ1n) is 7.92. The normalized spacial score (nSPS) is 108. The van der Waals surface area contributed by atoms with Crippen LogP contribution in [0.1, 0.15) is 0 Å². The molecule has 4 atom stereocenters.